The van der Waals surface area contributed by atoms with Crippen LogP contribution in [0.15, 0.2) is 24.3 Å². The number of aromatic hydroxyl groups is 1. The Hall–Kier alpha value is -1.51. The summed E-state index contributed by atoms with van der Waals surface area (Å²) in [5.74, 6) is 1.18. The SMILES string of the molecule is CCC(CC1CC1c1cccc(O)c1)C(N)=O. The van der Waals surface area contributed by atoms with Gasteiger partial charge in [0.2, 0.25) is 5.91 Å². The lowest BCUT2D eigenvalue weighted by atomic mass is 9.96. The Morgan fingerprint density at radius 2 is 2.35 bits per heavy atom. The van der Waals surface area contributed by atoms with Crippen molar-refractivity contribution in [1.82, 2.24) is 0 Å². The second-order valence-electron chi connectivity index (χ2n) is 4.94. The lowest BCUT2D eigenvalue weighted by Gasteiger charge is -2.10. The second-order valence-corrected chi connectivity index (χ2v) is 4.94. The van der Waals surface area contributed by atoms with Crippen LogP contribution < -0.4 is 5.73 Å². The first-order valence-corrected chi connectivity index (χ1v) is 6.20. The Balaban J connectivity index is 1.94. The smallest absolute Gasteiger partial charge is 0.220 e. The zero-order valence-corrected chi connectivity index (χ0v) is 10.1. The third kappa shape index (κ3) is 2.78. The summed E-state index contributed by atoms with van der Waals surface area (Å²) in [4.78, 5) is 11.2. The molecule has 3 heteroatoms. The molecule has 0 aromatic heterocycles. The first-order valence-electron chi connectivity index (χ1n) is 6.20. The van der Waals surface area contributed by atoms with Crippen LogP contribution in [0, 0.1) is 11.8 Å². The maximum atomic E-state index is 11.2. The molecule has 17 heavy (non-hydrogen) atoms. The molecule has 1 aromatic carbocycles. The van der Waals surface area contributed by atoms with Crippen molar-refractivity contribution < 1.29 is 9.90 Å². The van der Waals surface area contributed by atoms with E-state index in [1.165, 1.54) is 5.56 Å². The molecule has 1 aromatic rings. The summed E-state index contributed by atoms with van der Waals surface area (Å²) < 4.78 is 0. The Bertz CT molecular complexity index is 416. The fourth-order valence-corrected chi connectivity index (χ4v) is 2.52. The Morgan fingerprint density at radius 3 is 2.94 bits per heavy atom. The third-order valence-corrected chi connectivity index (χ3v) is 3.70. The molecule has 3 nitrogen and oxygen atoms in total. The molecule has 0 radical (unpaired) electrons. The van der Waals surface area contributed by atoms with Crippen LogP contribution in [-0.4, -0.2) is 11.0 Å². The molecule has 1 amide bonds. The zero-order chi connectivity index (χ0) is 12.4. The molecule has 1 aliphatic carbocycles. The van der Waals surface area contributed by atoms with Gasteiger partial charge in [-0.25, -0.2) is 0 Å². The maximum Gasteiger partial charge on any atom is 0.220 e. The Labute approximate surface area is 102 Å². The number of carbonyl (C=O) groups is 1. The standard InChI is InChI=1S/C14H19NO2/c1-2-9(14(15)17)6-11-8-13(11)10-4-3-5-12(16)7-10/h3-5,7,9,11,13,16H,2,6,8H2,1H3,(H2,15,17). The molecule has 92 valence electrons. The largest absolute Gasteiger partial charge is 0.508 e. The predicted octanol–water partition coefficient (Wildman–Crippen LogP) is 2.40. The van der Waals surface area contributed by atoms with Gasteiger partial charge in [-0.1, -0.05) is 19.1 Å². The molecule has 3 unspecified atom stereocenters. The van der Waals surface area contributed by atoms with Gasteiger partial charge in [0.15, 0.2) is 0 Å². The molecule has 0 spiro atoms. The van der Waals surface area contributed by atoms with Gasteiger partial charge in [0.05, 0.1) is 0 Å². The van der Waals surface area contributed by atoms with Gasteiger partial charge in [-0.05, 0) is 48.8 Å². The quantitative estimate of drug-likeness (QED) is 0.820. The topological polar surface area (TPSA) is 63.3 Å². The molecule has 0 heterocycles. The van der Waals surface area contributed by atoms with E-state index >= 15 is 0 Å². The van der Waals surface area contributed by atoms with Crippen molar-refractivity contribution in [3.63, 3.8) is 0 Å². The number of hydrogen-bond acceptors (Lipinski definition) is 2. The molecule has 2 rings (SSSR count). The van der Waals surface area contributed by atoms with Gasteiger partial charge in [0.1, 0.15) is 5.75 Å². The van der Waals surface area contributed by atoms with E-state index in [0.717, 1.165) is 19.3 Å². The summed E-state index contributed by atoms with van der Waals surface area (Å²) in [7, 11) is 0. The highest BCUT2D eigenvalue weighted by molar-refractivity contribution is 5.76. The van der Waals surface area contributed by atoms with E-state index in [9.17, 15) is 9.90 Å². The molecule has 1 fully saturated rings. The van der Waals surface area contributed by atoms with Crippen molar-refractivity contribution >= 4 is 5.91 Å². The lowest BCUT2D eigenvalue weighted by Crippen LogP contribution is -2.23. The Kier molecular flexibility index (Phi) is 3.36. The van der Waals surface area contributed by atoms with E-state index in [0.29, 0.717) is 17.6 Å². The monoisotopic (exact) mass is 233 g/mol. The minimum atomic E-state index is -0.186. The molecular formula is C14H19NO2. The fraction of sp³-hybridized carbons (Fsp3) is 0.500. The van der Waals surface area contributed by atoms with Crippen molar-refractivity contribution in [3.8, 4) is 5.75 Å². The van der Waals surface area contributed by atoms with Gasteiger partial charge in [-0.15, -0.1) is 0 Å². The number of carbonyl (C=O) groups excluding carboxylic acids is 1. The van der Waals surface area contributed by atoms with E-state index < -0.39 is 0 Å². The third-order valence-electron chi connectivity index (χ3n) is 3.70. The first kappa shape index (κ1) is 12.0. The van der Waals surface area contributed by atoms with Crippen LogP contribution in [0.4, 0.5) is 0 Å². The number of hydrogen-bond donors (Lipinski definition) is 2. The number of rotatable bonds is 5. The van der Waals surface area contributed by atoms with Crippen LogP contribution >= 0.6 is 0 Å². The average molecular weight is 233 g/mol. The van der Waals surface area contributed by atoms with Gasteiger partial charge >= 0.3 is 0 Å². The van der Waals surface area contributed by atoms with Crippen LogP contribution in [0.1, 0.15) is 37.7 Å². The second kappa shape index (κ2) is 4.78. The van der Waals surface area contributed by atoms with Gasteiger partial charge in [-0.2, -0.15) is 0 Å². The van der Waals surface area contributed by atoms with Gasteiger partial charge in [0, 0.05) is 5.92 Å². The number of phenols is 1. The number of amides is 1. The van der Waals surface area contributed by atoms with Crippen molar-refractivity contribution in [2.45, 2.75) is 32.1 Å². The summed E-state index contributed by atoms with van der Waals surface area (Å²) in [5.41, 5.74) is 6.53. The van der Waals surface area contributed by atoms with Crippen LogP contribution in [0.25, 0.3) is 0 Å². The maximum absolute atomic E-state index is 11.2. The van der Waals surface area contributed by atoms with E-state index in [4.69, 9.17) is 5.73 Å². The summed E-state index contributed by atoms with van der Waals surface area (Å²) in [5, 5.41) is 9.42. The van der Waals surface area contributed by atoms with E-state index in [2.05, 4.69) is 0 Å². The molecule has 3 atom stereocenters. The van der Waals surface area contributed by atoms with Gasteiger partial charge < -0.3 is 10.8 Å². The molecule has 0 saturated heterocycles. The van der Waals surface area contributed by atoms with Crippen molar-refractivity contribution in [1.29, 1.82) is 0 Å². The van der Waals surface area contributed by atoms with Gasteiger partial charge in [0.25, 0.3) is 0 Å². The summed E-state index contributed by atoms with van der Waals surface area (Å²) >= 11 is 0. The number of benzene rings is 1. The van der Waals surface area contributed by atoms with Crippen LogP contribution in [-0.2, 0) is 4.79 Å². The average Bonchev–Trinajstić information content (AvgIpc) is 3.04. The minimum absolute atomic E-state index is 0.00214. The summed E-state index contributed by atoms with van der Waals surface area (Å²) in [6, 6.07) is 7.40. The highest BCUT2D eigenvalue weighted by Gasteiger charge is 2.40. The molecule has 1 aliphatic rings. The summed E-state index contributed by atoms with van der Waals surface area (Å²) in [6.45, 7) is 2.00. The number of primary amides is 1. The fourth-order valence-electron chi connectivity index (χ4n) is 2.52. The first-order chi connectivity index (χ1) is 8.11. The summed E-state index contributed by atoms with van der Waals surface area (Å²) in [6.07, 6.45) is 2.80. The van der Waals surface area contributed by atoms with E-state index in [-0.39, 0.29) is 11.8 Å². The molecule has 3 N–H and O–H groups in total. The van der Waals surface area contributed by atoms with Gasteiger partial charge in [-0.3, -0.25) is 4.79 Å². The molecular weight excluding hydrogens is 214 g/mol. The van der Waals surface area contributed by atoms with Crippen LogP contribution in [0.5, 0.6) is 5.75 Å². The van der Waals surface area contributed by atoms with Crippen LogP contribution in [0.3, 0.4) is 0 Å². The predicted molar refractivity (Wildman–Crippen MR) is 66.5 cm³/mol. The van der Waals surface area contributed by atoms with E-state index in [1.807, 2.05) is 25.1 Å². The Morgan fingerprint density at radius 1 is 1.59 bits per heavy atom. The molecule has 0 aliphatic heterocycles. The van der Waals surface area contributed by atoms with Crippen molar-refractivity contribution in [3.05, 3.63) is 29.8 Å². The number of phenolic OH excluding ortho intramolecular Hbond substituents is 1. The number of nitrogens with two attached hydrogens (primary N) is 1. The lowest BCUT2D eigenvalue weighted by molar-refractivity contribution is -0.122. The minimum Gasteiger partial charge on any atom is -0.508 e. The molecule has 0 bridgehead atoms. The normalized spacial score (nSPS) is 24.3. The van der Waals surface area contributed by atoms with Crippen molar-refractivity contribution in [2.24, 2.45) is 17.6 Å². The molecule has 1 saturated carbocycles. The zero-order valence-electron chi connectivity index (χ0n) is 10.1. The van der Waals surface area contributed by atoms with Crippen LogP contribution in [0.2, 0.25) is 0 Å². The highest BCUT2D eigenvalue weighted by atomic mass is 16.3. The highest BCUT2D eigenvalue weighted by Crippen LogP contribution is 2.51. The van der Waals surface area contributed by atoms with Crippen molar-refractivity contribution in [2.75, 3.05) is 0 Å². The van der Waals surface area contributed by atoms with E-state index in [1.54, 1.807) is 6.07 Å².